The highest BCUT2D eigenvalue weighted by molar-refractivity contribution is 6.09. The summed E-state index contributed by atoms with van der Waals surface area (Å²) in [6.07, 6.45) is 0. The van der Waals surface area contributed by atoms with Crippen LogP contribution in [0.3, 0.4) is 0 Å². The summed E-state index contributed by atoms with van der Waals surface area (Å²) >= 11 is 0. The van der Waals surface area contributed by atoms with Crippen molar-refractivity contribution in [1.29, 1.82) is 0 Å². The first kappa shape index (κ1) is 11.9. The lowest BCUT2D eigenvalue weighted by atomic mass is 10.0. The molecule has 0 spiro atoms. The van der Waals surface area contributed by atoms with Gasteiger partial charge in [-0.25, -0.2) is 4.98 Å². The number of aliphatic hydroxyl groups is 1. The van der Waals surface area contributed by atoms with Crippen LogP contribution in [0.2, 0.25) is 0 Å². The lowest BCUT2D eigenvalue weighted by Gasteiger charge is -2.03. The highest BCUT2D eigenvalue weighted by atomic mass is 16.3. The Hall–Kier alpha value is -2.94. The zero-order valence-corrected chi connectivity index (χ0v) is 11.1. The summed E-state index contributed by atoms with van der Waals surface area (Å²) in [7, 11) is 0. The molecule has 3 aromatic carbocycles. The molecule has 0 saturated carbocycles. The SMILES string of the molecule is O=c1nc2cccc3c(=C(O)c4ccccc4)ccc1c23. The van der Waals surface area contributed by atoms with Gasteiger partial charge >= 0.3 is 0 Å². The van der Waals surface area contributed by atoms with Crippen molar-refractivity contribution in [2.45, 2.75) is 0 Å². The Kier molecular flexibility index (Phi) is 2.42. The number of rotatable bonds is 1. The van der Waals surface area contributed by atoms with Gasteiger partial charge in [0, 0.05) is 16.2 Å². The fraction of sp³-hybridized carbons (Fsp3) is 0. The molecule has 1 heterocycles. The Morgan fingerprint density at radius 2 is 1.67 bits per heavy atom. The van der Waals surface area contributed by atoms with E-state index in [0.717, 1.165) is 16.3 Å². The molecule has 0 unspecified atom stereocenters. The lowest BCUT2D eigenvalue weighted by molar-refractivity contribution is 0.508. The van der Waals surface area contributed by atoms with E-state index in [1.165, 1.54) is 0 Å². The fourth-order valence-electron chi connectivity index (χ4n) is 2.79. The fourth-order valence-corrected chi connectivity index (χ4v) is 2.79. The molecule has 4 aromatic rings. The summed E-state index contributed by atoms with van der Waals surface area (Å²) in [5.74, 6) is 0.207. The van der Waals surface area contributed by atoms with Crippen molar-refractivity contribution in [3.8, 4) is 0 Å². The number of aromatic nitrogens is 1. The molecule has 0 atom stereocenters. The third-order valence-electron chi connectivity index (χ3n) is 3.77. The third kappa shape index (κ3) is 1.68. The van der Waals surface area contributed by atoms with E-state index in [1.807, 2.05) is 48.5 Å². The molecule has 0 fully saturated rings. The molecule has 3 nitrogen and oxygen atoms in total. The van der Waals surface area contributed by atoms with Gasteiger partial charge in [0.05, 0.1) is 10.9 Å². The molecule has 4 rings (SSSR count). The first-order chi connectivity index (χ1) is 10.3. The van der Waals surface area contributed by atoms with E-state index in [4.69, 9.17) is 0 Å². The van der Waals surface area contributed by atoms with Gasteiger partial charge in [0.25, 0.3) is 5.56 Å². The average molecular weight is 273 g/mol. The van der Waals surface area contributed by atoms with E-state index >= 15 is 0 Å². The van der Waals surface area contributed by atoms with E-state index < -0.39 is 0 Å². The molecule has 3 heteroatoms. The highest BCUT2D eigenvalue weighted by Crippen LogP contribution is 2.21. The summed E-state index contributed by atoms with van der Waals surface area (Å²) < 4.78 is 0. The van der Waals surface area contributed by atoms with E-state index in [2.05, 4.69) is 4.98 Å². The minimum atomic E-state index is -0.216. The van der Waals surface area contributed by atoms with Crippen LogP contribution in [0.4, 0.5) is 0 Å². The van der Waals surface area contributed by atoms with Crippen LogP contribution in [0.5, 0.6) is 0 Å². The minimum absolute atomic E-state index is 0.207. The van der Waals surface area contributed by atoms with Crippen LogP contribution < -0.4 is 10.8 Å². The van der Waals surface area contributed by atoms with Crippen molar-refractivity contribution in [3.63, 3.8) is 0 Å². The van der Waals surface area contributed by atoms with E-state index in [0.29, 0.717) is 16.1 Å². The molecule has 1 aromatic heterocycles. The summed E-state index contributed by atoms with van der Waals surface area (Å²) in [6, 6.07) is 18.5. The van der Waals surface area contributed by atoms with Crippen molar-refractivity contribution >= 4 is 27.4 Å². The van der Waals surface area contributed by atoms with Crippen LogP contribution in [0.1, 0.15) is 5.56 Å². The smallest absolute Gasteiger partial charge is 0.278 e. The second-order valence-electron chi connectivity index (χ2n) is 4.99. The Labute approximate surface area is 120 Å². The van der Waals surface area contributed by atoms with Gasteiger partial charge in [-0.3, -0.25) is 4.79 Å². The van der Waals surface area contributed by atoms with Gasteiger partial charge in [-0.2, -0.15) is 0 Å². The molecule has 0 aliphatic carbocycles. The van der Waals surface area contributed by atoms with Crippen molar-refractivity contribution < 1.29 is 5.11 Å². The van der Waals surface area contributed by atoms with Crippen LogP contribution >= 0.6 is 0 Å². The molecular weight excluding hydrogens is 262 g/mol. The zero-order valence-electron chi connectivity index (χ0n) is 11.1. The van der Waals surface area contributed by atoms with E-state index in [1.54, 1.807) is 12.1 Å². The number of aliphatic hydroxyl groups excluding tert-OH is 1. The van der Waals surface area contributed by atoms with Crippen molar-refractivity contribution in [2.24, 2.45) is 0 Å². The number of nitrogens with zero attached hydrogens (tertiary/aromatic N) is 1. The van der Waals surface area contributed by atoms with Crippen LogP contribution in [-0.2, 0) is 0 Å². The predicted molar refractivity (Wildman–Crippen MR) is 83.5 cm³/mol. The number of hydrogen-bond donors (Lipinski definition) is 1. The maximum atomic E-state index is 11.9. The monoisotopic (exact) mass is 273 g/mol. The first-order valence-electron chi connectivity index (χ1n) is 6.69. The summed E-state index contributed by atoms with van der Waals surface area (Å²) in [6.45, 7) is 0. The minimum Gasteiger partial charge on any atom is -0.507 e. The second-order valence-corrected chi connectivity index (χ2v) is 4.99. The van der Waals surface area contributed by atoms with Crippen molar-refractivity contribution in [1.82, 2.24) is 4.98 Å². The molecule has 21 heavy (non-hydrogen) atoms. The van der Waals surface area contributed by atoms with Gasteiger partial charge in [-0.15, -0.1) is 0 Å². The standard InChI is InChI=1S/C18H11NO2/c20-17(11-5-2-1-3-6-11)13-9-10-14-16-12(13)7-4-8-15(16)19-18(14)21/h1-10,20H. The van der Waals surface area contributed by atoms with Crippen LogP contribution in [-0.4, -0.2) is 10.1 Å². The van der Waals surface area contributed by atoms with Gasteiger partial charge in [-0.05, 0) is 23.6 Å². The highest BCUT2D eigenvalue weighted by Gasteiger charge is 2.11. The molecular formula is C18H11NO2. The van der Waals surface area contributed by atoms with Gasteiger partial charge in [-0.1, -0.05) is 42.5 Å². The molecule has 0 aliphatic heterocycles. The predicted octanol–water partition coefficient (Wildman–Crippen LogP) is 2.62. The Bertz CT molecular complexity index is 1060. The molecule has 0 amide bonds. The topological polar surface area (TPSA) is 50.2 Å². The first-order valence-corrected chi connectivity index (χ1v) is 6.69. The van der Waals surface area contributed by atoms with E-state index in [-0.39, 0.29) is 11.3 Å². The summed E-state index contributed by atoms with van der Waals surface area (Å²) in [5.41, 5.74) is 1.21. The quantitative estimate of drug-likeness (QED) is 0.580. The molecule has 100 valence electrons. The van der Waals surface area contributed by atoms with Crippen molar-refractivity contribution in [3.05, 3.63) is 81.8 Å². The average Bonchev–Trinajstić information content (AvgIpc) is 2.86. The van der Waals surface area contributed by atoms with Gasteiger partial charge in [0.15, 0.2) is 0 Å². The summed E-state index contributed by atoms with van der Waals surface area (Å²) in [5, 5.41) is 13.5. The molecule has 0 bridgehead atoms. The molecule has 0 aliphatic rings. The maximum absolute atomic E-state index is 11.9. The Morgan fingerprint density at radius 1 is 0.857 bits per heavy atom. The normalized spacial score (nSPS) is 13.0. The van der Waals surface area contributed by atoms with Crippen LogP contribution in [0, 0.1) is 0 Å². The third-order valence-corrected chi connectivity index (χ3v) is 3.77. The largest absolute Gasteiger partial charge is 0.507 e. The zero-order chi connectivity index (χ0) is 14.4. The molecule has 0 saturated heterocycles. The van der Waals surface area contributed by atoms with Crippen LogP contribution in [0.15, 0.2) is 65.5 Å². The number of hydrogen-bond acceptors (Lipinski definition) is 3. The van der Waals surface area contributed by atoms with Gasteiger partial charge in [0.2, 0.25) is 0 Å². The molecule has 0 radical (unpaired) electrons. The van der Waals surface area contributed by atoms with Crippen molar-refractivity contribution in [2.75, 3.05) is 0 Å². The van der Waals surface area contributed by atoms with Gasteiger partial charge < -0.3 is 5.11 Å². The number of benzene rings is 3. The second kappa shape index (κ2) is 4.28. The Balaban J connectivity index is 2.21. The lowest BCUT2D eigenvalue weighted by Crippen LogP contribution is -2.09. The Morgan fingerprint density at radius 3 is 2.48 bits per heavy atom. The van der Waals surface area contributed by atoms with Crippen LogP contribution in [0.25, 0.3) is 27.4 Å². The van der Waals surface area contributed by atoms with E-state index in [9.17, 15) is 9.90 Å². The molecule has 1 N–H and O–H groups in total. The summed E-state index contributed by atoms with van der Waals surface area (Å²) in [4.78, 5) is 15.9. The maximum Gasteiger partial charge on any atom is 0.278 e. The van der Waals surface area contributed by atoms with Gasteiger partial charge in [0.1, 0.15) is 5.76 Å².